The number of rotatable bonds is 4. The predicted molar refractivity (Wildman–Crippen MR) is 82.4 cm³/mol. The Bertz CT molecular complexity index is 462. The van der Waals surface area contributed by atoms with Crippen LogP contribution in [0.1, 0.15) is 32.0 Å². The van der Waals surface area contributed by atoms with Gasteiger partial charge in [-0.1, -0.05) is 6.92 Å². The minimum absolute atomic E-state index is 0.728. The number of hydrogen-bond donors (Lipinski definition) is 1. The summed E-state index contributed by atoms with van der Waals surface area (Å²) in [5, 5.41) is 3.37. The molecule has 1 aromatic heterocycles. The number of anilines is 2. The van der Waals surface area contributed by atoms with E-state index in [1.165, 1.54) is 25.9 Å². The predicted octanol–water partition coefficient (Wildman–Crippen LogP) is 1.89. The molecule has 0 spiro atoms. The van der Waals surface area contributed by atoms with Crippen LogP contribution < -0.4 is 10.2 Å². The molecule has 5 nitrogen and oxygen atoms in total. The summed E-state index contributed by atoms with van der Waals surface area (Å²) in [5.41, 5.74) is 0. The number of nitrogens with one attached hydrogen (secondary N) is 1. The molecule has 20 heavy (non-hydrogen) atoms. The van der Waals surface area contributed by atoms with Crippen molar-refractivity contribution in [2.24, 2.45) is 0 Å². The van der Waals surface area contributed by atoms with Gasteiger partial charge in [-0.05, 0) is 32.7 Å². The summed E-state index contributed by atoms with van der Waals surface area (Å²) in [6.45, 7) is 9.76. The van der Waals surface area contributed by atoms with Crippen molar-refractivity contribution in [2.45, 2.75) is 39.2 Å². The average Bonchev–Trinajstić information content (AvgIpc) is 2.92. The molecule has 3 rings (SSSR count). The maximum Gasteiger partial charge on any atom is 0.134 e. The number of fused-ring (bicyclic) bond motifs is 1. The molecule has 1 unspecified atom stereocenters. The molecular weight excluding hydrogens is 250 g/mol. The third-order valence-corrected chi connectivity index (χ3v) is 4.29. The molecule has 1 atom stereocenters. The molecule has 2 fully saturated rings. The van der Waals surface area contributed by atoms with Crippen LogP contribution in [-0.2, 0) is 0 Å². The summed E-state index contributed by atoms with van der Waals surface area (Å²) in [6.07, 6.45) is 3.80. The number of aromatic nitrogens is 2. The van der Waals surface area contributed by atoms with Crippen LogP contribution in [0.25, 0.3) is 0 Å². The molecule has 0 aromatic carbocycles. The Kier molecular flexibility index (Phi) is 4.05. The van der Waals surface area contributed by atoms with Crippen LogP contribution in [0.3, 0.4) is 0 Å². The average molecular weight is 275 g/mol. The van der Waals surface area contributed by atoms with E-state index in [9.17, 15) is 0 Å². The SMILES string of the molecule is CCCNc1cc(N2CCN3CCCC3C2)nc(C)n1. The molecular formula is C15H25N5. The zero-order chi connectivity index (χ0) is 13.9. The molecule has 5 heteroatoms. The molecule has 1 N–H and O–H groups in total. The molecule has 2 aliphatic rings. The smallest absolute Gasteiger partial charge is 0.134 e. The van der Waals surface area contributed by atoms with Gasteiger partial charge in [0.1, 0.15) is 17.5 Å². The van der Waals surface area contributed by atoms with Crippen LogP contribution >= 0.6 is 0 Å². The molecule has 0 saturated carbocycles. The van der Waals surface area contributed by atoms with Crippen molar-refractivity contribution in [3.05, 3.63) is 11.9 Å². The molecule has 110 valence electrons. The third-order valence-electron chi connectivity index (χ3n) is 4.29. The molecule has 1 aromatic rings. The van der Waals surface area contributed by atoms with E-state index in [2.05, 4.69) is 38.1 Å². The highest BCUT2D eigenvalue weighted by molar-refractivity contribution is 5.50. The van der Waals surface area contributed by atoms with Crippen LogP contribution in [0.4, 0.5) is 11.6 Å². The van der Waals surface area contributed by atoms with Crippen molar-refractivity contribution >= 4 is 11.6 Å². The van der Waals surface area contributed by atoms with Gasteiger partial charge in [0.05, 0.1) is 0 Å². The summed E-state index contributed by atoms with van der Waals surface area (Å²) < 4.78 is 0. The first-order valence-electron chi connectivity index (χ1n) is 7.85. The number of nitrogens with zero attached hydrogens (tertiary/aromatic N) is 4. The number of piperazine rings is 1. The zero-order valence-electron chi connectivity index (χ0n) is 12.6. The second-order valence-electron chi connectivity index (χ2n) is 5.86. The van der Waals surface area contributed by atoms with Crippen molar-refractivity contribution in [3.63, 3.8) is 0 Å². The van der Waals surface area contributed by atoms with Gasteiger partial charge in [0.25, 0.3) is 0 Å². The molecule has 2 saturated heterocycles. The van der Waals surface area contributed by atoms with Gasteiger partial charge in [-0.15, -0.1) is 0 Å². The maximum atomic E-state index is 4.64. The van der Waals surface area contributed by atoms with Gasteiger partial charge < -0.3 is 10.2 Å². The number of hydrogen-bond acceptors (Lipinski definition) is 5. The first-order chi connectivity index (χ1) is 9.76. The first kappa shape index (κ1) is 13.6. The highest BCUT2D eigenvalue weighted by atomic mass is 15.3. The minimum atomic E-state index is 0.728. The Morgan fingerprint density at radius 3 is 3.05 bits per heavy atom. The van der Waals surface area contributed by atoms with E-state index in [-0.39, 0.29) is 0 Å². The maximum absolute atomic E-state index is 4.64. The lowest BCUT2D eigenvalue weighted by Crippen LogP contribution is -2.50. The Morgan fingerprint density at radius 2 is 2.20 bits per heavy atom. The molecule has 0 radical (unpaired) electrons. The standard InChI is InChI=1S/C15H25N5/c1-3-6-16-14-10-15(18-12(2)17-14)20-9-8-19-7-4-5-13(19)11-20/h10,13H,3-9,11H2,1-2H3,(H,16,17,18). The van der Waals surface area contributed by atoms with E-state index in [1.54, 1.807) is 0 Å². The summed E-state index contributed by atoms with van der Waals surface area (Å²) in [6, 6.07) is 2.83. The Labute approximate surface area is 121 Å². The summed E-state index contributed by atoms with van der Waals surface area (Å²) >= 11 is 0. The van der Waals surface area contributed by atoms with Crippen molar-refractivity contribution in [1.29, 1.82) is 0 Å². The monoisotopic (exact) mass is 275 g/mol. The largest absolute Gasteiger partial charge is 0.370 e. The van der Waals surface area contributed by atoms with Gasteiger partial charge in [0, 0.05) is 38.3 Å². The highest BCUT2D eigenvalue weighted by Crippen LogP contribution is 2.25. The van der Waals surface area contributed by atoms with Crippen LogP contribution in [0.2, 0.25) is 0 Å². The van der Waals surface area contributed by atoms with Gasteiger partial charge in [0.2, 0.25) is 0 Å². The van der Waals surface area contributed by atoms with Gasteiger partial charge in [-0.3, -0.25) is 4.90 Å². The summed E-state index contributed by atoms with van der Waals surface area (Å²) in [5.74, 6) is 2.90. The van der Waals surface area contributed by atoms with Crippen LogP contribution in [-0.4, -0.2) is 53.6 Å². The fraction of sp³-hybridized carbons (Fsp3) is 0.733. The lowest BCUT2D eigenvalue weighted by Gasteiger charge is -2.38. The van der Waals surface area contributed by atoms with E-state index in [1.807, 2.05) is 6.92 Å². The van der Waals surface area contributed by atoms with Crippen LogP contribution in [0.5, 0.6) is 0 Å². The topological polar surface area (TPSA) is 44.3 Å². The highest BCUT2D eigenvalue weighted by Gasteiger charge is 2.31. The second-order valence-corrected chi connectivity index (χ2v) is 5.86. The lowest BCUT2D eigenvalue weighted by atomic mass is 10.1. The summed E-state index contributed by atoms with van der Waals surface area (Å²) in [4.78, 5) is 14.2. The Balaban J connectivity index is 1.74. The van der Waals surface area contributed by atoms with E-state index in [4.69, 9.17) is 0 Å². The van der Waals surface area contributed by atoms with Gasteiger partial charge in [-0.2, -0.15) is 0 Å². The fourth-order valence-electron chi connectivity index (χ4n) is 3.26. The molecule has 0 amide bonds. The van der Waals surface area contributed by atoms with E-state index >= 15 is 0 Å². The van der Waals surface area contributed by atoms with Gasteiger partial charge in [-0.25, -0.2) is 9.97 Å². The van der Waals surface area contributed by atoms with Gasteiger partial charge in [0.15, 0.2) is 0 Å². The quantitative estimate of drug-likeness (QED) is 0.909. The third kappa shape index (κ3) is 2.87. The molecule has 0 aliphatic carbocycles. The molecule has 0 bridgehead atoms. The Hall–Kier alpha value is -1.36. The normalized spacial score (nSPS) is 22.9. The first-order valence-corrected chi connectivity index (χ1v) is 7.85. The Morgan fingerprint density at radius 1 is 1.30 bits per heavy atom. The van der Waals surface area contributed by atoms with E-state index < -0.39 is 0 Å². The second kappa shape index (κ2) is 5.95. The fourth-order valence-corrected chi connectivity index (χ4v) is 3.26. The van der Waals surface area contributed by atoms with Crippen LogP contribution in [0, 0.1) is 6.92 Å². The minimum Gasteiger partial charge on any atom is -0.370 e. The molecule has 2 aliphatic heterocycles. The van der Waals surface area contributed by atoms with Crippen molar-refractivity contribution in [2.75, 3.05) is 42.9 Å². The summed E-state index contributed by atoms with van der Waals surface area (Å²) in [7, 11) is 0. The molecule has 3 heterocycles. The number of aryl methyl sites for hydroxylation is 1. The van der Waals surface area contributed by atoms with Crippen molar-refractivity contribution in [1.82, 2.24) is 14.9 Å². The van der Waals surface area contributed by atoms with Crippen molar-refractivity contribution in [3.8, 4) is 0 Å². The van der Waals surface area contributed by atoms with E-state index in [0.29, 0.717) is 0 Å². The van der Waals surface area contributed by atoms with E-state index in [0.717, 1.165) is 49.6 Å². The zero-order valence-corrected chi connectivity index (χ0v) is 12.6. The lowest BCUT2D eigenvalue weighted by molar-refractivity contribution is 0.230. The van der Waals surface area contributed by atoms with Crippen LogP contribution in [0.15, 0.2) is 6.07 Å². The van der Waals surface area contributed by atoms with Gasteiger partial charge >= 0.3 is 0 Å². The van der Waals surface area contributed by atoms with Crippen molar-refractivity contribution < 1.29 is 0 Å².